The van der Waals surface area contributed by atoms with Gasteiger partial charge in [-0.3, -0.25) is 0 Å². The minimum absolute atomic E-state index is 0.746. The molecular formula is C98H164. The van der Waals surface area contributed by atoms with E-state index in [0.29, 0.717) is 0 Å². The van der Waals surface area contributed by atoms with Crippen LogP contribution in [0.25, 0.3) is 0 Å². The molecule has 0 N–H and O–H groups in total. The fourth-order valence-electron chi connectivity index (χ4n) is 34.2. The largest absolute Gasteiger partial charge is 0.0533 e. The van der Waals surface area contributed by atoms with Gasteiger partial charge in [-0.2, -0.15) is 0 Å². The molecule has 17 aliphatic carbocycles. The highest BCUT2D eigenvalue weighted by molar-refractivity contribution is 5.02. The van der Waals surface area contributed by atoms with Gasteiger partial charge in [-0.05, 0) is 530 Å². The number of fused-ring (bicyclic) bond motifs is 2. The molecule has 0 spiro atoms. The van der Waals surface area contributed by atoms with Gasteiger partial charge in [-0.1, -0.05) is 83.5 Å². The van der Waals surface area contributed by atoms with Crippen LogP contribution in [0, 0.1) is 183 Å². The number of hydrogen-bond donors (Lipinski definition) is 0. The molecule has 17 fully saturated rings. The maximum atomic E-state index is 1.65. The van der Waals surface area contributed by atoms with Crippen LogP contribution >= 0.6 is 0 Å². The molecule has 17 rings (SSSR count). The van der Waals surface area contributed by atoms with Crippen LogP contribution in [0.1, 0.15) is 430 Å². The maximum absolute atomic E-state index is 1.65. The van der Waals surface area contributed by atoms with Gasteiger partial charge in [0, 0.05) is 0 Å². The summed E-state index contributed by atoms with van der Waals surface area (Å²) in [5.74, 6) is 33.1. The van der Waals surface area contributed by atoms with E-state index in [9.17, 15) is 0 Å². The van der Waals surface area contributed by atoms with Crippen LogP contribution in [0.4, 0.5) is 0 Å². The molecule has 17 aliphatic rings. The average molecular weight is 1340 g/mol. The minimum Gasteiger partial charge on any atom is -0.0533 e. The zero-order valence-corrected chi connectivity index (χ0v) is 65.2. The Balaban J connectivity index is 0.389. The van der Waals surface area contributed by atoms with Crippen LogP contribution < -0.4 is 0 Å². The fraction of sp³-hybridized carbons (Fsp3) is 1.00. The van der Waals surface area contributed by atoms with Crippen molar-refractivity contribution in [2.24, 2.45) is 183 Å². The summed E-state index contributed by atoms with van der Waals surface area (Å²) in [4.78, 5) is 0. The van der Waals surface area contributed by atoms with E-state index in [4.69, 9.17) is 0 Å². The molecule has 17 saturated carbocycles. The molecule has 0 aromatic heterocycles. The van der Waals surface area contributed by atoms with Gasteiger partial charge < -0.3 is 0 Å². The topological polar surface area (TPSA) is 0 Å². The summed E-state index contributed by atoms with van der Waals surface area (Å²) in [6, 6.07) is 0. The minimum atomic E-state index is 0.746. The first kappa shape index (κ1) is 71.0. The van der Waals surface area contributed by atoms with E-state index in [1.54, 1.807) is 417 Å². The maximum Gasteiger partial charge on any atom is -0.0241 e. The van der Waals surface area contributed by atoms with E-state index >= 15 is 0 Å². The Morgan fingerprint density at radius 3 is 0.408 bits per heavy atom. The van der Waals surface area contributed by atoms with Crippen LogP contribution in [0.2, 0.25) is 0 Å². The quantitative estimate of drug-likeness (QED) is 0.163. The Morgan fingerprint density at radius 2 is 0.224 bits per heavy atom. The lowest BCUT2D eigenvalue weighted by Gasteiger charge is -2.54. The van der Waals surface area contributed by atoms with Crippen molar-refractivity contribution in [1.82, 2.24) is 0 Å². The zero-order valence-electron chi connectivity index (χ0n) is 65.2. The van der Waals surface area contributed by atoms with Gasteiger partial charge in [-0.15, -0.1) is 0 Å². The van der Waals surface area contributed by atoms with Crippen molar-refractivity contribution in [2.75, 3.05) is 0 Å². The van der Waals surface area contributed by atoms with Crippen LogP contribution in [0.3, 0.4) is 0 Å². The molecule has 0 aromatic carbocycles. The van der Waals surface area contributed by atoms with Crippen molar-refractivity contribution in [1.29, 1.82) is 0 Å². The lowest BCUT2D eigenvalue weighted by atomic mass is 9.51. The monoisotopic (exact) mass is 1340 g/mol. The molecule has 8 atom stereocenters. The van der Waals surface area contributed by atoms with Gasteiger partial charge in [-0.25, -0.2) is 0 Å². The van der Waals surface area contributed by atoms with Crippen molar-refractivity contribution in [3.05, 3.63) is 0 Å². The second-order valence-corrected chi connectivity index (χ2v) is 43.5. The number of hydrogen-bond acceptors (Lipinski definition) is 0. The summed E-state index contributed by atoms with van der Waals surface area (Å²) in [5.41, 5.74) is 0.746. The fourth-order valence-corrected chi connectivity index (χ4v) is 34.2. The van der Waals surface area contributed by atoms with E-state index in [1.807, 2.05) is 0 Å². The second kappa shape index (κ2) is 33.6. The van der Waals surface area contributed by atoms with Crippen LogP contribution in [-0.4, -0.2) is 0 Å². The van der Waals surface area contributed by atoms with E-state index in [0.717, 1.165) is 183 Å². The summed E-state index contributed by atoms with van der Waals surface area (Å²) in [6.45, 7) is 0. The van der Waals surface area contributed by atoms with Gasteiger partial charge in [0.2, 0.25) is 0 Å². The molecule has 8 unspecified atom stereocenters. The summed E-state index contributed by atoms with van der Waals surface area (Å²) in [6.07, 6.45) is 108. The van der Waals surface area contributed by atoms with Gasteiger partial charge >= 0.3 is 0 Å². The lowest BCUT2D eigenvalue weighted by Crippen LogP contribution is -2.44. The Bertz CT molecular complexity index is 2140. The first-order valence-corrected chi connectivity index (χ1v) is 48.4. The molecule has 0 aliphatic heterocycles. The van der Waals surface area contributed by atoms with Crippen LogP contribution in [0.5, 0.6) is 0 Å². The van der Waals surface area contributed by atoms with Crippen molar-refractivity contribution in [3.8, 4) is 0 Å². The Morgan fingerprint density at radius 1 is 0.102 bits per heavy atom. The van der Waals surface area contributed by atoms with Crippen molar-refractivity contribution in [2.45, 2.75) is 430 Å². The van der Waals surface area contributed by atoms with Crippen LogP contribution in [0.15, 0.2) is 0 Å². The predicted octanol–water partition coefficient (Wildman–Crippen LogP) is 29.8. The first-order chi connectivity index (χ1) is 48.4. The van der Waals surface area contributed by atoms with Crippen LogP contribution in [-0.2, 0) is 0 Å². The molecule has 0 heteroatoms. The van der Waals surface area contributed by atoms with Crippen molar-refractivity contribution in [3.63, 3.8) is 0 Å². The third-order valence-electron chi connectivity index (χ3n) is 40.2. The van der Waals surface area contributed by atoms with E-state index in [2.05, 4.69) is 0 Å². The van der Waals surface area contributed by atoms with Crippen molar-refractivity contribution >= 4 is 0 Å². The van der Waals surface area contributed by atoms with Gasteiger partial charge in [0.15, 0.2) is 0 Å². The molecule has 556 valence electrons. The first-order valence-electron chi connectivity index (χ1n) is 48.4. The molecule has 0 aromatic rings. The highest BCUT2D eigenvalue weighted by Crippen LogP contribution is 2.62. The molecule has 98 heavy (non-hydrogen) atoms. The third-order valence-corrected chi connectivity index (χ3v) is 40.2. The predicted molar refractivity (Wildman–Crippen MR) is 416 cm³/mol. The van der Waals surface area contributed by atoms with Gasteiger partial charge in [0.1, 0.15) is 0 Å². The molecule has 0 amide bonds. The Labute approximate surface area is 609 Å². The summed E-state index contributed by atoms with van der Waals surface area (Å²) in [7, 11) is 0. The van der Waals surface area contributed by atoms with E-state index in [1.165, 1.54) is 12.8 Å². The smallest absolute Gasteiger partial charge is 0.0241 e. The molecule has 0 bridgehead atoms. The van der Waals surface area contributed by atoms with Crippen molar-refractivity contribution < 1.29 is 0 Å². The van der Waals surface area contributed by atoms with E-state index < -0.39 is 0 Å². The zero-order chi connectivity index (χ0) is 65.2. The van der Waals surface area contributed by atoms with E-state index in [-0.39, 0.29) is 0 Å². The summed E-state index contributed by atoms with van der Waals surface area (Å²) >= 11 is 0. The molecule has 0 heterocycles. The standard InChI is InChI=1S/C98H164/c1-4-10-68(11-5-1)70-14-18-72(19-15-70)76-30-38-84(39-31-76)88-46-50-94-66-90(48-52-92(94)64-88)86-42-34-78(35-43-86)74-22-26-80(27-23-74)82-54-58-96(59-55-82)98(62-8-3-9-63-98)97-60-56-83(57-61-97)81-28-24-75(25-29-81)79-36-44-87(45-37-79)91-49-53-93-65-89(47-51-95(93)67-91)85-40-32-77(33-41-85)73-20-16-71(17-21-73)69-12-6-2-7-13-69/h68-97H,1-67H2. The highest BCUT2D eigenvalue weighted by atomic mass is 14.6. The normalized spacial score (nSPS) is 49.3. The molecule has 0 saturated heterocycles. The highest BCUT2D eigenvalue weighted by Gasteiger charge is 2.51. The average Bonchev–Trinajstić information content (AvgIpc) is 0.822. The third kappa shape index (κ3) is 16.4. The summed E-state index contributed by atoms with van der Waals surface area (Å²) < 4.78 is 0. The summed E-state index contributed by atoms with van der Waals surface area (Å²) in [5, 5.41) is 0. The second-order valence-electron chi connectivity index (χ2n) is 43.5. The number of rotatable bonds is 14. The molecular weight excluding hydrogens is 1180 g/mol. The Hall–Kier alpha value is 0. The Kier molecular flexibility index (Phi) is 24.4. The lowest BCUT2D eigenvalue weighted by molar-refractivity contribution is -0.0364. The van der Waals surface area contributed by atoms with Gasteiger partial charge in [0.25, 0.3) is 0 Å². The molecule has 0 radical (unpaired) electrons. The van der Waals surface area contributed by atoms with Gasteiger partial charge in [0.05, 0.1) is 0 Å². The molecule has 0 nitrogen and oxygen atoms in total. The SMILES string of the molecule is C1CCC(C2CCC(C3CCC(C4CCC5CC(C6CCC(C7CCC(C8CCC(C9(C%10CCC(C%11CCC(C%12CCC(C%13CCC%14CC(C%15CCC(C%16CCC(C%17CCCCC%17)CC%16)CC%15)CCC%14C%13)CC%12)CC%11)CC%10)CCCCC9)CC8)CC7)CC6)CCC5C4)CC3)CC2)CC1.